The molecule has 0 aliphatic carbocycles. The Balaban J connectivity index is 1.32. The first-order valence-corrected chi connectivity index (χ1v) is 10.4. The van der Waals surface area contributed by atoms with Gasteiger partial charge in [-0.15, -0.1) is 11.3 Å². The summed E-state index contributed by atoms with van der Waals surface area (Å²) in [4.78, 5) is 20.6. The van der Waals surface area contributed by atoms with E-state index in [0.717, 1.165) is 73.5 Å². The van der Waals surface area contributed by atoms with Crippen LogP contribution < -0.4 is 4.90 Å². The Morgan fingerprint density at radius 3 is 2.88 bits per heavy atom. The molecule has 138 valence electrons. The van der Waals surface area contributed by atoms with Gasteiger partial charge in [0.25, 0.3) is 5.91 Å². The molecule has 4 rings (SSSR count). The molecule has 2 saturated heterocycles. The number of benzene rings is 1. The number of thiazole rings is 1. The van der Waals surface area contributed by atoms with Gasteiger partial charge in [-0.1, -0.05) is 29.8 Å². The van der Waals surface area contributed by atoms with Crippen molar-refractivity contribution in [2.75, 3.05) is 32.8 Å². The van der Waals surface area contributed by atoms with Crippen molar-refractivity contribution in [3.63, 3.8) is 0 Å². The molecule has 0 spiro atoms. The average molecular weight is 393 g/mol. The third-order valence-corrected chi connectivity index (χ3v) is 6.33. The Kier molecular flexibility index (Phi) is 5.55. The van der Waals surface area contributed by atoms with Gasteiger partial charge in [0, 0.05) is 17.6 Å². The van der Waals surface area contributed by atoms with E-state index in [4.69, 9.17) is 21.3 Å². The summed E-state index contributed by atoms with van der Waals surface area (Å²) in [5.41, 5.74) is 2.09. The van der Waals surface area contributed by atoms with E-state index in [-0.39, 0.29) is 12.0 Å². The number of quaternary nitrogens is 1. The van der Waals surface area contributed by atoms with Crippen molar-refractivity contribution in [1.82, 2.24) is 9.88 Å². The van der Waals surface area contributed by atoms with Gasteiger partial charge in [0.05, 0.1) is 31.2 Å². The summed E-state index contributed by atoms with van der Waals surface area (Å²) in [6, 6.07) is 7.82. The van der Waals surface area contributed by atoms with Crippen LogP contribution in [0.2, 0.25) is 5.02 Å². The molecule has 2 aliphatic heterocycles. The maximum Gasteiger partial charge on any atom is 0.252 e. The zero-order chi connectivity index (χ0) is 17.9. The van der Waals surface area contributed by atoms with Crippen LogP contribution in [0.1, 0.15) is 18.5 Å². The van der Waals surface area contributed by atoms with Crippen LogP contribution in [0.5, 0.6) is 0 Å². The van der Waals surface area contributed by atoms with Gasteiger partial charge in [0.1, 0.15) is 23.4 Å². The second-order valence-electron chi connectivity index (χ2n) is 6.88. The highest BCUT2D eigenvalue weighted by atomic mass is 35.5. The zero-order valence-electron chi connectivity index (χ0n) is 14.6. The quantitative estimate of drug-likeness (QED) is 0.864. The normalized spacial score (nSPS) is 21.3. The molecule has 2 aromatic rings. The summed E-state index contributed by atoms with van der Waals surface area (Å²) in [7, 11) is 0. The van der Waals surface area contributed by atoms with Crippen LogP contribution >= 0.6 is 22.9 Å². The first kappa shape index (κ1) is 17.9. The Bertz CT molecular complexity index is 768. The molecule has 0 saturated carbocycles. The highest BCUT2D eigenvalue weighted by Crippen LogP contribution is 2.29. The first-order chi connectivity index (χ1) is 12.7. The maximum atomic E-state index is 12.4. The topological polar surface area (TPSA) is 46.9 Å². The molecule has 0 radical (unpaired) electrons. The Morgan fingerprint density at radius 1 is 1.35 bits per heavy atom. The van der Waals surface area contributed by atoms with Gasteiger partial charge in [-0.05, 0) is 18.9 Å². The number of rotatable bonds is 4. The van der Waals surface area contributed by atoms with Crippen LogP contribution in [-0.2, 0) is 16.1 Å². The molecule has 7 heteroatoms. The molecular weight excluding hydrogens is 370 g/mol. The van der Waals surface area contributed by atoms with Crippen molar-refractivity contribution in [3.8, 4) is 10.6 Å². The number of nitrogens with one attached hydrogen (secondary N) is 1. The number of hydrogen-bond acceptors (Lipinski definition) is 4. The average Bonchev–Trinajstić information content (AvgIpc) is 3.34. The van der Waals surface area contributed by atoms with Gasteiger partial charge in [-0.2, -0.15) is 0 Å². The van der Waals surface area contributed by atoms with Gasteiger partial charge in [0.2, 0.25) is 0 Å². The van der Waals surface area contributed by atoms with Crippen molar-refractivity contribution >= 4 is 28.8 Å². The van der Waals surface area contributed by atoms with E-state index in [2.05, 4.69) is 5.38 Å². The maximum absolute atomic E-state index is 12.4. The van der Waals surface area contributed by atoms with Gasteiger partial charge in [-0.3, -0.25) is 4.79 Å². The molecule has 2 aliphatic rings. The summed E-state index contributed by atoms with van der Waals surface area (Å²) in [5, 5.41) is 3.83. The van der Waals surface area contributed by atoms with Gasteiger partial charge >= 0.3 is 0 Å². The summed E-state index contributed by atoms with van der Waals surface area (Å²) >= 11 is 7.91. The number of carbonyl (C=O) groups is 1. The molecule has 0 unspecified atom stereocenters. The standard InChI is InChI=1S/C19H22ClN3O2S/c20-16-5-2-1-4-15(16)18-21-14(13-26-18)12-22-7-9-23(10-8-22)19(24)17-6-3-11-25-17/h1-2,4-5,13,17H,3,6-12H2/p+1/t17-/m0/s1. The molecule has 1 N–H and O–H groups in total. The van der Waals surface area contributed by atoms with E-state index in [1.807, 2.05) is 29.2 Å². The van der Waals surface area contributed by atoms with Crippen molar-refractivity contribution in [2.45, 2.75) is 25.5 Å². The number of amides is 1. The van der Waals surface area contributed by atoms with Gasteiger partial charge < -0.3 is 14.5 Å². The van der Waals surface area contributed by atoms with Crippen LogP contribution in [-0.4, -0.2) is 54.7 Å². The fraction of sp³-hybridized carbons (Fsp3) is 0.474. The van der Waals surface area contributed by atoms with Crippen LogP contribution in [0.4, 0.5) is 0 Å². The summed E-state index contributed by atoms with van der Waals surface area (Å²) in [5.74, 6) is 0.177. The zero-order valence-corrected chi connectivity index (χ0v) is 16.2. The number of nitrogens with zero attached hydrogens (tertiary/aromatic N) is 2. The van der Waals surface area contributed by atoms with Crippen molar-refractivity contribution in [2.24, 2.45) is 0 Å². The summed E-state index contributed by atoms with van der Waals surface area (Å²) in [6.07, 6.45) is 1.67. The Hall–Kier alpha value is -1.47. The number of halogens is 1. The van der Waals surface area contributed by atoms with Crippen molar-refractivity contribution < 1.29 is 14.4 Å². The SMILES string of the molecule is O=C([C@@H]1CCCO1)N1CC[NH+](Cc2csc(-c3ccccc3Cl)n2)CC1. The smallest absolute Gasteiger partial charge is 0.252 e. The van der Waals surface area contributed by atoms with E-state index in [0.29, 0.717) is 0 Å². The third-order valence-electron chi connectivity index (χ3n) is 5.07. The third kappa shape index (κ3) is 3.93. The van der Waals surface area contributed by atoms with Crippen LogP contribution in [0, 0.1) is 0 Å². The minimum absolute atomic E-state index is 0.177. The lowest BCUT2D eigenvalue weighted by atomic mass is 10.2. The predicted molar refractivity (Wildman–Crippen MR) is 103 cm³/mol. The fourth-order valence-electron chi connectivity index (χ4n) is 3.60. The van der Waals surface area contributed by atoms with Crippen molar-refractivity contribution in [3.05, 3.63) is 40.4 Å². The van der Waals surface area contributed by atoms with E-state index in [1.54, 1.807) is 11.3 Å². The molecule has 3 heterocycles. The first-order valence-electron chi connectivity index (χ1n) is 9.14. The van der Waals surface area contributed by atoms with E-state index in [9.17, 15) is 4.79 Å². The second-order valence-corrected chi connectivity index (χ2v) is 8.14. The Morgan fingerprint density at radius 2 is 2.15 bits per heavy atom. The van der Waals surface area contributed by atoms with Gasteiger partial charge in [0.15, 0.2) is 0 Å². The fourth-order valence-corrected chi connectivity index (χ4v) is 4.74. The summed E-state index contributed by atoms with van der Waals surface area (Å²) in [6.45, 7) is 5.13. The molecule has 1 aromatic heterocycles. The minimum atomic E-state index is -0.201. The molecule has 26 heavy (non-hydrogen) atoms. The number of aromatic nitrogens is 1. The molecule has 1 atom stereocenters. The number of piperazine rings is 1. The van der Waals surface area contributed by atoms with Crippen LogP contribution in [0.3, 0.4) is 0 Å². The number of hydrogen-bond donors (Lipinski definition) is 1. The molecular formula is C19H23ClN3O2S+. The van der Waals surface area contributed by atoms with E-state index >= 15 is 0 Å². The molecule has 1 amide bonds. The lowest BCUT2D eigenvalue weighted by Crippen LogP contribution is -3.13. The van der Waals surface area contributed by atoms with Gasteiger partial charge in [-0.25, -0.2) is 4.98 Å². The summed E-state index contributed by atoms with van der Waals surface area (Å²) < 4.78 is 5.53. The largest absolute Gasteiger partial charge is 0.368 e. The molecule has 2 fully saturated rings. The van der Waals surface area contributed by atoms with Crippen LogP contribution in [0.15, 0.2) is 29.6 Å². The highest BCUT2D eigenvalue weighted by Gasteiger charge is 2.31. The lowest BCUT2D eigenvalue weighted by Gasteiger charge is -2.33. The monoisotopic (exact) mass is 392 g/mol. The molecule has 1 aromatic carbocycles. The number of ether oxygens (including phenoxy) is 1. The predicted octanol–water partition coefficient (Wildman–Crippen LogP) is 1.87. The molecule has 0 bridgehead atoms. The molecule has 5 nitrogen and oxygen atoms in total. The van der Waals surface area contributed by atoms with E-state index in [1.165, 1.54) is 4.90 Å². The Labute approximate surface area is 162 Å². The van der Waals surface area contributed by atoms with Crippen molar-refractivity contribution in [1.29, 1.82) is 0 Å². The second kappa shape index (κ2) is 8.05. The van der Waals surface area contributed by atoms with E-state index < -0.39 is 0 Å². The van der Waals surface area contributed by atoms with Crippen LogP contribution in [0.25, 0.3) is 10.6 Å². The highest BCUT2D eigenvalue weighted by molar-refractivity contribution is 7.13. The minimum Gasteiger partial charge on any atom is -0.368 e. The lowest BCUT2D eigenvalue weighted by molar-refractivity contribution is -0.917. The number of carbonyl (C=O) groups excluding carboxylic acids is 1.